The summed E-state index contributed by atoms with van der Waals surface area (Å²) in [6.07, 6.45) is 28.9. The molecule has 8 N–H and O–H groups in total. The minimum atomic E-state index is 0.0832. The number of nitrogens with one attached hydrogen (secondary N) is 2. The van der Waals surface area contributed by atoms with Crippen molar-refractivity contribution in [2.45, 2.75) is 205 Å². The third-order valence-electron chi connectivity index (χ3n) is 10.1. The molecule has 2 aromatic rings. The lowest BCUT2D eigenvalue weighted by Crippen LogP contribution is -2.35. The minimum Gasteiger partial charge on any atom is -0.408 e. The third-order valence-corrected chi connectivity index (χ3v) is 10.1. The molecule has 14 heteroatoms. The molecule has 0 aliphatic rings. The van der Waals surface area contributed by atoms with Crippen LogP contribution in [0.15, 0.2) is 8.83 Å². The first kappa shape index (κ1) is 46.9. The molecule has 2 heterocycles. The van der Waals surface area contributed by atoms with Crippen molar-refractivity contribution in [1.29, 1.82) is 0 Å². The number of hydrogen-bond acceptors (Lipinski definition) is 12. The van der Waals surface area contributed by atoms with Crippen LogP contribution in [0.3, 0.4) is 0 Å². The molecule has 2 amide bonds. The van der Waals surface area contributed by atoms with Crippen LogP contribution in [0.5, 0.6) is 0 Å². The van der Waals surface area contributed by atoms with Crippen LogP contribution < -0.4 is 22.1 Å². The maximum absolute atomic E-state index is 13.0. The maximum Gasteiger partial charge on any atom is 0.312 e. The Morgan fingerprint density at radius 3 is 1.09 bits per heavy atom. The Kier molecular flexibility index (Phi) is 27.8. The Morgan fingerprint density at radius 1 is 0.463 bits per heavy atom. The van der Waals surface area contributed by atoms with Crippen LogP contribution in [0.1, 0.15) is 192 Å². The zero-order chi connectivity index (χ0) is 38.9. The van der Waals surface area contributed by atoms with Gasteiger partial charge in [0.1, 0.15) is 0 Å². The molecule has 54 heavy (non-hydrogen) atoms. The number of rotatable bonds is 37. The molecule has 0 bridgehead atoms. The number of anilines is 2. The molecule has 0 fully saturated rings. The van der Waals surface area contributed by atoms with Crippen molar-refractivity contribution in [3.63, 3.8) is 0 Å². The van der Waals surface area contributed by atoms with Crippen molar-refractivity contribution in [3.8, 4) is 0 Å². The van der Waals surface area contributed by atoms with Gasteiger partial charge in [-0.25, -0.2) is 0 Å². The molecule has 2 rings (SSSR count). The van der Waals surface area contributed by atoms with Gasteiger partial charge in [0.25, 0.3) is 0 Å². The van der Waals surface area contributed by atoms with Crippen LogP contribution in [0.25, 0.3) is 0 Å². The summed E-state index contributed by atoms with van der Waals surface area (Å²) in [5.41, 5.74) is 11.0. The van der Waals surface area contributed by atoms with E-state index in [-0.39, 0.29) is 49.1 Å². The summed E-state index contributed by atoms with van der Waals surface area (Å²) in [5, 5.41) is 40.0. The average Bonchev–Trinajstić information content (AvgIpc) is 3.78. The van der Waals surface area contributed by atoms with E-state index in [1.807, 2.05) is 0 Å². The highest BCUT2D eigenvalue weighted by Crippen LogP contribution is 2.17. The van der Waals surface area contributed by atoms with Gasteiger partial charge in [0.15, 0.2) is 0 Å². The molecule has 0 aliphatic carbocycles. The molecule has 310 valence electrons. The summed E-state index contributed by atoms with van der Waals surface area (Å²) >= 11 is 0. The lowest BCUT2D eigenvalue weighted by Gasteiger charge is -2.20. The number of hydrogen-bond donors (Lipinski definition) is 6. The van der Waals surface area contributed by atoms with E-state index in [1.165, 1.54) is 0 Å². The SMILES string of the molecule is Nc1nnc(CCCCCCCC(CCCCCCCO)NC(=O)CCCCC(=O)NC(CCCCCCCO)CCCCCCCc2nnc(N)o2)o1. The van der Waals surface area contributed by atoms with Crippen molar-refractivity contribution in [1.82, 2.24) is 31.0 Å². The fourth-order valence-corrected chi connectivity index (χ4v) is 6.94. The van der Waals surface area contributed by atoms with E-state index in [2.05, 4.69) is 31.0 Å². The van der Waals surface area contributed by atoms with Crippen LogP contribution in [0.2, 0.25) is 0 Å². The highest BCUT2D eigenvalue weighted by molar-refractivity contribution is 5.77. The second-order valence-corrected chi connectivity index (χ2v) is 15.0. The fraction of sp³-hybridized carbons (Fsp3) is 0.850. The monoisotopic (exact) mass is 763 g/mol. The number of unbranched alkanes of at least 4 members (excludes halogenated alkanes) is 17. The van der Waals surface area contributed by atoms with E-state index in [4.69, 9.17) is 30.5 Å². The van der Waals surface area contributed by atoms with Crippen molar-refractivity contribution < 1.29 is 28.6 Å². The first-order valence-corrected chi connectivity index (χ1v) is 21.4. The van der Waals surface area contributed by atoms with Gasteiger partial charge in [-0.2, -0.15) is 0 Å². The number of amides is 2. The molecule has 0 radical (unpaired) electrons. The number of aryl methyl sites for hydroxylation is 2. The molecule has 0 saturated heterocycles. The molecule has 0 aliphatic heterocycles. The Labute approximate surface area is 324 Å². The summed E-state index contributed by atoms with van der Waals surface area (Å²) in [5.74, 6) is 1.35. The number of aliphatic hydroxyl groups excluding tert-OH is 2. The van der Waals surface area contributed by atoms with Gasteiger partial charge in [-0.15, -0.1) is 10.2 Å². The Balaban J connectivity index is 1.66. The molecular formula is C40H74N8O6. The van der Waals surface area contributed by atoms with Crippen LogP contribution in [-0.4, -0.2) is 67.7 Å². The number of aromatic nitrogens is 4. The third kappa shape index (κ3) is 25.7. The average molecular weight is 763 g/mol. The highest BCUT2D eigenvalue weighted by atomic mass is 16.4. The maximum atomic E-state index is 13.0. The van der Waals surface area contributed by atoms with Gasteiger partial charge >= 0.3 is 12.0 Å². The Bertz CT molecular complexity index is 1100. The molecule has 2 aromatic heterocycles. The topological polar surface area (TPSA) is 229 Å². The van der Waals surface area contributed by atoms with E-state index in [0.29, 0.717) is 37.5 Å². The van der Waals surface area contributed by atoms with E-state index in [0.717, 1.165) is 167 Å². The Morgan fingerprint density at radius 2 is 0.778 bits per heavy atom. The Hall–Kier alpha value is -3.26. The van der Waals surface area contributed by atoms with Crippen molar-refractivity contribution in [2.24, 2.45) is 0 Å². The standard InChI is InChI=1S/C40H74N8O6/c41-39-47-45-37(53-39)29-17-9-1-5-13-23-33(25-15-7-3-11-21-31-49)43-35(51)27-19-20-28-36(52)44-34(26-16-8-4-12-22-32-50)24-14-6-2-10-18-30-38-46-48-40(42)54-38/h33-34,49-50H,1-32H2,(H2,41,47)(H2,42,48)(H,43,51)(H,44,52). The number of nitrogens with zero attached hydrogens (tertiary/aromatic N) is 4. The van der Waals surface area contributed by atoms with Crippen LogP contribution >= 0.6 is 0 Å². The van der Waals surface area contributed by atoms with Gasteiger partial charge in [0.2, 0.25) is 23.6 Å². The molecule has 2 unspecified atom stereocenters. The number of nitrogen functional groups attached to an aromatic ring is 2. The summed E-state index contributed by atoms with van der Waals surface area (Å²) in [6, 6.07) is 0.582. The predicted octanol–water partition coefficient (Wildman–Crippen LogP) is 7.28. The van der Waals surface area contributed by atoms with E-state index in [9.17, 15) is 9.59 Å². The molecule has 0 saturated carbocycles. The van der Waals surface area contributed by atoms with Crippen molar-refractivity contribution in [3.05, 3.63) is 11.8 Å². The molecule has 2 atom stereocenters. The van der Waals surface area contributed by atoms with E-state index < -0.39 is 0 Å². The number of carbonyl (C=O) groups excluding carboxylic acids is 2. The number of aliphatic hydroxyl groups is 2. The zero-order valence-corrected chi connectivity index (χ0v) is 33.3. The molecule has 14 nitrogen and oxygen atoms in total. The van der Waals surface area contributed by atoms with E-state index in [1.54, 1.807) is 0 Å². The van der Waals surface area contributed by atoms with Gasteiger partial charge in [-0.1, -0.05) is 113 Å². The van der Waals surface area contributed by atoms with Crippen molar-refractivity contribution in [2.75, 3.05) is 24.7 Å². The first-order chi connectivity index (χ1) is 26.4. The van der Waals surface area contributed by atoms with Gasteiger partial charge in [-0.05, 0) is 64.2 Å². The number of carbonyl (C=O) groups is 2. The molecule has 0 aromatic carbocycles. The van der Waals surface area contributed by atoms with Gasteiger partial charge in [0.05, 0.1) is 0 Å². The summed E-state index contributed by atoms with van der Waals surface area (Å²) in [6.45, 7) is 0.499. The highest BCUT2D eigenvalue weighted by Gasteiger charge is 2.15. The van der Waals surface area contributed by atoms with E-state index >= 15 is 0 Å². The normalized spacial score (nSPS) is 12.6. The summed E-state index contributed by atoms with van der Waals surface area (Å²) in [4.78, 5) is 25.9. The minimum absolute atomic E-state index is 0.0832. The lowest BCUT2D eigenvalue weighted by molar-refractivity contribution is -0.123. The second-order valence-electron chi connectivity index (χ2n) is 15.0. The smallest absolute Gasteiger partial charge is 0.312 e. The lowest BCUT2D eigenvalue weighted by atomic mass is 9.99. The zero-order valence-electron chi connectivity index (χ0n) is 33.3. The number of nitrogens with two attached hydrogens (primary N) is 2. The van der Waals surface area contributed by atoms with Gasteiger partial charge in [0, 0.05) is 51.0 Å². The van der Waals surface area contributed by atoms with Crippen LogP contribution in [-0.2, 0) is 22.4 Å². The fourth-order valence-electron chi connectivity index (χ4n) is 6.94. The molecule has 0 spiro atoms. The van der Waals surface area contributed by atoms with Gasteiger partial charge in [-0.3, -0.25) is 9.59 Å². The predicted molar refractivity (Wildman–Crippen MR) is 212 cm³/mol. The summed E-state index contributed by atoms with van der Waals surface area (Å²) < 4.78 is 10.5. The molecular weight excluding hydrogens is 688 g/mol. The summed E-state index contributed by atoms with van der Waals surface area (Å²) in [7, 11) is 0. The quantitative estimate of drug-likeness (QED) is 0.0373. The second kappa shape index (κ2) is 32.0. The largest absolute Gasteiger partial charge is 0.408 e. The van der Waals surface area contributed by atoms with Crippen LogP contribution in [0.4, 0.5) is 12.0 Å². The van der Waals surface area contributed by atoms with Crippen molar-refractivity contribution >= 4 is 23.8 Å². The van der Waals surface area contributed by atoms with Crippen LogP contribution in [0, 0.1) is 0 Å². The van der Waals surface area contributed by atoms with Gasteiger partial charge < -0.3 is 41.1 Å². The first-order valence-electron chi connectivity index (χ1n) is 21.4.